The van der Waals surface area contributed by atoms with Crippen LogP contribution in [0.4, 0.5) is 5.69 Å². The Kier molecular flexibility index (Phi) is 5.15. The van der Waals surface area contributed by atoms with Gasteiger partial charge in [0, 0.05) is 35.3 Å². The van der Waals surface area contributed by atoms with Crippen LogP contribution in [-0.4, -0.2) is 21.0 Å². The van der Waals surface area contributed by atoms with Crippen molar-refractivity contribution in [3.63, 3.8) is 0 Å². The SMILES string of the molecule is COc1cc(OC)cc(N2COc3c(Cl)cc4c(-c5ccccc5)cc(=O)oc4c3C2)c1. The molecule has 0 unspecified atom stereocenters. The van der Waals surface area contributed by atoms with E-state index in [-0.39, 0.29) is 6.73 Å². The topological polar surface area (TPSA) is 61.1 Å². The first-order chi connectivity index (χ1) is 15.6. The first kappa shape index (κ1) is 20.3. The highest BCUT2D eigenvalue weighted by Crippen LogP contribution is 2.42. The lowest BCUT2D eigenvalue weighted by molar-refractivity contribution is 0.289. The zero-order valence-corrected chi connectivity index (χ0v) is 18.3. The van der Waals surface area contributed by atoms with E-state index in [2.05, 4.69) is 0 Å². The lowest BCUT2D eigenvalue weighted by atomic mass is 9.99. The average molecular weight is 450 g/mol. The smallest absolute Gasteiger partial charge is 0.336 e. The van der Waals surface area contributed by atoms with Gasteiger partial charge >= 0.3 is 5.63 Å². The van der Waals surface area contributed by atoms with E-state index in [1.807, 2.05) is 47.4 Å². The van der Waals surface area contributed by atoms with Crippen LogP contribution in [0.2, 0.25) is 5.02 Å². The van der Waals surface area contributed by atoms with Crippen molar-refractivity contribution < 1.29 is 18.6 Å². The zero-order valence-electron chi connectivity index (χ0n) is 17.6. The summed E-state index contributed by atoms with van der Waals surface area (Å²) in [5.74, 6) is 1.86. The van der Waals surface area contributed by atoms with Crippen molar-refractivity contribution in [1.29, 1.82) is 0 Å². The monoisotopic (exact) mass is 449 g/mol. The molecular formula is C25H20ClNO5. The van der Waals surface area contributed by atoms with Crippen molar-refractivity contribution in [1.82, 2.24) is 0 Å². The van der Waals surface area contributed by atoms with Gasteiger partial charge in [0.1, 0.15) is 22.8 Å². The Labute approximate surface area is 189 Å². The van der Waals surface area contributed by atoms with Gasteiger partial charge in [0.05, 0.1) is 31.4 Å². The largest absolute Gasteiger partial charge is 0.497 e. The van der Waals surface area contributed by atoms with Crippen LogP contribution < -0.4 is 24.7 Å². The first-order valence-electron chi connectivity index (χ1n) is 10.0. The van der Waals surface area contributed by atoms with Crippen LogP contribution in [0.25, 0.3) is 22.1 Å². The Hall–Kier alpha value is -3.64. The number of methoxy groups -OCH3 is 2. The molecule has 32 heavy (non-hydrogen) atoms. The predicted molar refractivity (Wildman–Crippen MR) is 124 cm³/mol. The highest BCUT2D eigenvalue weighted by Gasteiger charge is 2.26. The highest BCUT2D eigenvalue weighted by atomic mass is 35.5. The highest BCUT2D eigenvalue weighted by molar-refractivity contribution is 6.33. The zero-order chi connectivity index (χ0) is 22.2. The van der Waals surface area contributed by atoms with Crippen molar-refractivity contribution in [3.05, 3.63) is 81.7 Å². The standard InChI is InChI=1S/C25H20ClNO5/c1-29-17-8-16(9-18(10-17)30-2)27-13-21-24-20(11-22(26)25(21)31-14-27)19(12-23(28)32-24)15-6-4-3-5-7-15/h3-12H,13-14H2,1-2H3. The van der Waals surface area contributed by atoms with Crippen LogP contribution in [0.1, 0.15) is 5.56 Å². The molecule has 1 aliphatic heterocycles. The van der Waals surface area contributed by atoms with Gasteiger partial charge in [-0.05, 0) is 17.2 Å². The maximum atomic E-state index is 12.5. The Morgan fingerprint density at radius 3 is 2.38 bits per heavy atom. The minimum Gasteiger partial charge on any atom is -0.497 e. The summed E-state index contributed by atoms with van der Waals surface area (Å²) in [4.78, 5) is 14.5. The van der Waals surface area contributed by atoms with E-state index in [1.54, 1.807) is 26.4 Å². The molecule has 0 fully saturated rings. The van der Waals surface area contributed by atoms with Gasteiger partial charge in [-0.25, -0.2) is 4.79 Å². The molecule has 0 spiro atoms. The molecule has 0 bridgehead atoms. The summed E-state index contributed by atoms with van der Waals surface area (Å²) in [6, 6.07) is 18.6. The number of halogens is 1. The summed E-state index contributed by atoms with van der Waals surface area (Å²) in [7, 11) is 3.21. The van der Waals surface area contributed by atoms with Crippen molar-refractivity contribution in [2.75, 3.05) is 25.9 Å². The Morgan fingerprint density at radius 2 is 1.69 bits per heavy atom. The second kappa shape index (κ2) is 8.13. The third kappa shape index (κ3) is 3.52. The van der Waals surface area contributed by atoms with Gasteiger partial charge in [-0.3, -0.25) is 0 Å². The third-order valence-corrected chi connectivity index (χ3v) is 5.82. The lowest BCUT2D eigenvalue weighted by Crippen LogP contribution is -2.32. The van der Waals surface area contributed by atoms with Gasteiger partial charge in [0.15, 0.2) is 6.73 Å². The first-order valence-corrected chi connectivity index (χ1v) is 10.4. The Balaban J connectivity index is 1.67. The summed E-state index contributed by atoms with van der Waals surface area (Å²) in [6.07, 6.45) is 0. The fraction of sp³-hybridized carbons (Fsp3) is 0.160. The van der Waals surface area contributed by atoms with E-state index in [1.165, 1.54) is 6.07 Å². The molecule has 0 saturated heterocycles. The molecule has 3 aromatic carbocycles. The average Bonchev–Trinajstić information content (AvgIpc) is 2.84. The number of nitrogens with zero attached hydrogens (tertiary/aromatic N) is 1. The van der Waals surface area contributed by atoms with Crippen LogP contribution in [0.15, 0.2) is 69.9 Å². The molecule has 162 valence electrons. The number of benzene rings is 3. The van der Waals surface area contributed by atoms with Crippen LogP contribution in [0.5, 0.6) is 17.2 Å². The molecule has 1 aromatic heterocycles. The fourth-order valence-corrected chi connectivity index (χ4v) is 4.26. The third-order valence-electron chi connectivity index (χ3n) is 5.54. The van der Waals surface area contributed by atoms with E-state index < -0.39 is 5.63 Å². The quantitative estimate of drug-likeness (QED) is 0.384. The second-order valence-corrected chi connectivity index (χ2v) is 7.84. The number of fused-ring (bicyclic) bond motifs is 3. The minimum atomic E-state index is -0.430. The fourth-order valence-electron chi connectivity index (χ4n) is 3.99. The van der Waals surface area contributed by atoms with E-state index >= 15 is 0 Å². The number of hydrogen-bond acceptors (Lipinski definition) is 6. The minimum absolute atomic E-state index is 0.275. The van der Waals surface area contributed by atoms with Crippen LogP contribution in [-0.2, 0) is 6.54 Å². The molecule has 2 heterocycles. The van der Waals surface area contributed by atoms with E-state index in [0.717, 1.165) is 27.8 Å². The van der Waals surface area contributed by atoms with Crippen LogP contribution >= 0.6 is 11.6 Å². The normalized spacial score (nSPS) is 12.9. The number of hydrogen-bond donors (Lipinski definition) is 0. The van der Waals surface area contributed by atoms with Crippen molar-refractivity contribution in [3.8, 4) is 28.4 Å². The molecule has 7 heteroatoms. The summed E-state index contributed by atoms with van der Waals surface area (Å²) in [5, 5.41) is 1.23. The van der Waals surface area contributed by atoms with E-state index in [0.29, 0.717) is 34.4 Å². The van der Waals surface area contributed by atoms with Crippen LogP contribution in [0, 0.1) is 0 Å². The van der Waals surface area contributed by atoms with Gasteiger partial charge in [-0.1, -0.05) is 41.9 Å². The molecule has 1 aliphatic rings. The lowest BCUT2D eigenvalue weighted by Gasteiger charge is -2.32. The van der Waals surface area contributed by atoms with E-state index in [4.69, 9.17) is 30.2 Å². The molecular weight excluding hydrogens is 430 g/mol. The number of anilines is 1. The predicted octanol–water partition coefficient (Wildman–Crippen LogP) is 5.49. The van der Waals surface area contributed by atoms with Gasteiger partial charge in [-0.2, -0.15) is 0 Å². The maximum absolute atomic E-state index is 12.5. The van der Waals surface area contributed by atoms with Gasteiger partial charge < -0.3 is 23.5 Å². The number of ether oxygens (including phenoxy) is 3. The van der Waals surface area contributed by atoms with Crippen molar-refractivity contribution >= 4 is 28.3 Å². The summed E-state index contributed by atoms with van der Waals surface area (Å²) < 4.78 is 22.5. The molecule has 5 rings (SSSR count). The summed E-state index contributed by atoms with van der Waals surface area (Å²) >= 11 is 6.61. The molecule has 4 aromatic rings. The Bertz CT molecular complexity index is 1340. The molecule has 0 aliphatic carbocycles. The molecule has 0 saturated carbocycles. The summed E-state index contributed by atoms with van der Waals surface area (Å²) in [6.45, 7) is 0.709. The number of rotatable bonds is 4. The second-order valence-electron chi connectivity index (χ2n) is 7.43. The Morgan fingerprint density at radius 1 is 0.969 bits per heavy atom. The molecule has 0 atom stereocenters. The molecule has 0 radical (unpaired) electrons. The van der Waals surface area contributed by atoms with Gasteiger partial charge in [0.25, 0.3) is 0 Å². The maximum Gasteiger partial charge on any atom is 0.336 e. The van der Waals surface area contributed by atoms with Gasteiger partial charge in [-0.15, -0.1) is 0 Å². The molecule has 0 N–H and O–H groups in total. The van der Waals surface area contributed by atoms with Gasteiger partial charge in [0.2, 0.25) is 0 Å². The molecule has 6 nitrogen and oxygen atoms in total. The van der Waals surface area contributed by atoms with Crippen molar-refractivity contribution in [2.24, 2.45) is 0 Å². The summed E-state index contributed by atoms with van der Waals surface area (Å²) in [5.41, 5.74) is 3.28. The molecule has 0 amide bonds. The van der Waals surface area contributed by atoms with E-state index in [9.17, 15) is 4.79 Å². The van der Waals surface area contributed by atoms with Crippen molar-refractivity contribution in [2.45, 2.75) is 6.54 Å². The van der Waals surface area contributed by atoms with Crippen LogP contribution in [0.3, 0.4) is 0 Å².